The third-order valence-corrected chi connectivity index (χ3v) is 4.63. The van der Waals surface area contributed by atoms with Gasteiger partial charge in [0.1, 0.15) is 5.15 Å². The minimum Gasteiger partial charge on any atom is -0.379 e. The average molecular weight is 343 g/mol. The van der Waals surface area contributed by atoms with Crippen molar-refractivity contribution in [1.29, 1.82) is 0 Å². The van der Waals surface area contributed by atoms with Crippen LogP contribution < -0.4 is 5.32 Å². The van der Waals surface area contributed by atoms with E-state index >= 15 is 0 Å². The maximum Gasteiger partial charge on any atom is 0.256 e. The van der Waals surface area contributed by atoms with Crippen molar-refractivity contribution in [2.45, 2.75) is 46.2 Å². The summed E-state index contributed by atoms with van der Waals surface area (Å²) < 4.78 is 7.08. The highest BCUT2D eigenvalue weighted by atomic mass is 35.5. The number of unbranched alkanes of at least 4 members (excludes halogenated alkanes) is 1. The summed E-state index contributed by atoms with van der Waals surface area (Å²) in [4.78, 5) is 14.8. The Morgan fingerprint density at radius 1 is 1.43 bits per heavy atom. The van der Waals surface area contributed by atoms with E-state index in [2.05, 4.69) is 29.2 Å². The Balaban J connectivity index is 1.93. The molecule has 1 aliphatic heterocycles. The lowest BCUT2D eigenvalue weighted by atomic mass is 10.2. The molecule has 2 rings (SSSR count). The molecule has 1 fully saturated rings. The van der Waals surface area contributed by atoms with Crippen LogP contribution in [0.1, 0.15) is 42.7 Å². The van der Waals surface area contributed by atoms with Crippen LogP contribution in [0.2, 0.25) is 5.15 Å². The van der Waals surface area contributed by atoms with E-state index in [4.69, 9.17) is 16.3 Å². The quantitative estimate of drug-likeness (QED) is 0.824. The van der Waals surface area contributed by atoms with Gasteiger partial charge in [-0.1, -0.05) is 24.9 Å². The first-order valence-corrected chi connectivity index (χ1v) is 8.75. The normalized spacial score (nSPS) is 17.2. The van der Waals surface area contributed by atoms with Crippen molar-refractivity contribution in [3.8, 4) is 0 Å². The van der Waals surface area contributed by atoms with Gasteiger partial charge >= 0.3 is 0 Å². The van der Waals surface area contributed by atoms with Crippen LogP contribution in [-0.2, 0) is 11.3 Å². The zero-order chi connectivity index (χ0) is 16.8. The molecular weight excluding hydrogens is 316 g/mol. The maximum absolute atomic E-state index is 12.5. The van der Waals surface area contributed by atoms with Crippen molar-refractivity contribution in [1.82, 2.24) is 20.0 Å². The molecule has 7 heteroatoms. The molecule has 1 aliphatic rings. The second-order valence-corrected chi connectivity index (χ2v) is 6.39. The summed E-state index contributed by atoms with van der Waals surface area (Å²) in [5.74, 6) is -0.143. The number of ether oxygens (including phenoxy) is 1. The molecule has 2 heterocycles. The summed E-state index contributed by atoms with van der Waals surface area (Å²) in [6.07, 6.45) is 2.06. The number of amides is 1. The summed E-state index contributed by atoms with van der Waals surface area (Å²) >= 11 is 6.34. The standard InChI is InChI=1S/C16H27ClN4O2/c1-4-5-6-21-15(17)14(13(3)19-21)16(22)18-11-12(2)20-7-9-23-10-8-20/h12H,4-11H2,1-3H3,(H,18,22)/t12-/m1/s1. The van der Waals surface area contributed by atoms with Gasteiger partial charge in [0.05, 0.1) is 24.5 Å². The molecule has 1 amide bonds. The van der Waals surface area contributed by atoms with Crippen molar-refractivity contribution in [2.24, 2.45) is 0 Å². The number of halogens is 1. The number of aromatic nitrogens is 2. The molecule has 0 saturated carbocycles. The largest absolute Gasteiger partial charge is 0.379 e. The smallest absolute Gasteiger partial charge is 0.256 e. The van der Waals surface area contributed by atoms with Gasteiger partial charge in [-0.3, -0.25) is 14.4 Å². The average Bonchev–Trinajstić information content (AvgIpc) is 2.85. The summed E-state index contributed by atoms with van der Waals surface area (Å²) in [6, 6.07) is 0.275. The fourth-order valence-electron chi connectivity index (χ4n) is 2.74. The highest BCUT2D eigenvalue weighted by Gasteiger charge is 2.22. The molecule has 0 radical (unpaired) electrons. The summed E-state index contributed by atoms with van der Waals surface area (Å²) in [5.41, 5.74) is 1.18. The third kappa shape index (κ3) is 4.68. The Bertz CT molecular complexity index is 526. The van der Waals surface area contributed by atoms with Crippen molar-refractivity contribution >= 4 is 17.5 Å². The molecule has 23 heavy (non-hydrogen) atoms. The summed E-state index contributed by atoms with van der Waals surface area (Å²) in [6.45, 7) is 10.7. The van der Waals surface area contributed by atoms with Crippen LogP contribution in [0, 0.1) is 6.92 Å². The molecule has 1 aromatic heterocycles. The molecule has 1 N–H and O–H groups in total. The number of nitrogens with one attached hydrogen (secondary N) is 1. The summed E-state index contributed by atoms with van der Waals surface area (Å²) in [7, 11) is 0. The Hall–Kier alpha value is -1.11. The number of hydrogen-bond donors (Lipinski definition) is 1. The lowest BCUT2D eigenvalue weighted by molar-refractivity contribution is 0.0204. The monoisotopic (exact) mass is 342 g/mol. The second-order valence-electron chi connectivity index (χ2n) is 6.04. The molecule has 6 nitrogen and oxygen atoms in total. The predicted molar refractivity (Wildman–Crippen MR) is 91.1 cm³/mol. The Kier molecular flexibility index (Phi) is 6.87. The number of nitrogens with zero attached hydrogens (tertiary/aromatic N) is 3. The number of morpholine rings is 1. The van der Waals surface area contributed by atoms with Crippen LogP contribution in [0.5, 0.6) is 0 Å². The van der Waals surface area contributed by atoms with Crippen LogP contribution in [0.4, 0.5) is 0 Å². The highest BCUT2D eigenvalue weighted by Crippen LogP contribution is 2.20. The van der Waals surface area contributed by atoms with E-state index in [9.17, 15) is 4.79 Å². The van der Waals surface area contributed by atoms with Gasteiger partial charge in [0.25, 0.3) is 5.91 Å². The van der Waals surface area contributed by atoms with Crippen molar-refractivity contribution in [3.63, 3.8) is 0 Å². The highest BCUT2D eigenvalue weighted by molar-refractivity contribution is 6.33. The number of hydrogen-bond acceptors (Lipinski definition) is 4. The molecule has 1 atom stereocenters. The van der Waals surface area contributed by atoms with E-state index in [0.29, 0.717) is 23.0 Å². The predicted octanol–water partition coefficient (Wildman–Crippen LogP) is 2.10. The molecule has 1 saturated heterocycles. The fourth-order valence-corrected chi connectivity index (χ4v) is 3.09. The zero-order valence-corrected chi connectivity index (χ0v) is 15.0. The molecule has 0 bridgehead atoms. The molecule has 0 spiro atoms. The van der Waals surface area contributed by atoms with Crippen LogP contribution in [0.25, 0.3) is 0 Å². The number of carbonyl (C=O) groups is 1. The Labute approximate surface area is 143 Å². The van der Waals surface area contributed by atoms with Gasteiger partial charge in [-0.15, -0.1) is 0 Å². The van der Waals surface area contributed by atoms with E-state index in [-0.39, 0.29) is 11.9 Å². The van der Waals surface area contributed by atoms with E-state index in [1.807, 2.05) is 6.92 Å². The van der Waals surface area contributed by atoms with Crippen molar-refractivity contribution in [2.75, 3.05) is 32.8 Å². The molecule has 0 aromatic carbocycles. The topological polar surface area (TPSA) is 59.4 Å². The van der Waals surface area contributed by atoms with E-state index in [1.54, 1.807) is 4.68 Å². The lowest BCUT2D eigenvalue weighted by Gasteiger charge is -2.32. The molecule has 0 aliphatic carbocycles. The minimum absolute atomic E-state index is 0.143. The number of rotatable bonds is 7. The Morgan fingerprint density at radius 2 is 2.13 bits per heavy atom. The first-order valence-electron chi connectivity index (χ1n) is 8.37. The van der Waals surface area contributed by atoms with E-state index in [1.165, 1.54) is 0 Å². The van der Waals surface area contributed by atoms with E-state index < -0.39 is 0 Å². The third-order valence-electron chi connectivity index (χ3n) is 4.24. The summed E-state index contributed by atoms with van der Waals surface area (Å²) in [5, 5.41) is 7.81. The Morgan fingerprint density at radius 3 is 2.78 bits per heavy atom. The second kappa shape index (κ2) is 8.66. The first-order chi connectivity index (χ1) is 11.0. The molecule has 1 aromatic rings. The van der Waals surface area contributed by atoms with Crippen LogP contribution in [0.15, 0.2) is 0 Å². The maximum atomic E-state index is 12.5. The van der Waals surface area contributed by atoms with Crippen LogP contribution in [0.3, 0.4) is 0 Å². The van der Waals surface area contributed by atoms with Gasteiger partial charge in [0, 0.05) is 32.2 Å². The molecule has 0 unspecified atom stereocenters. The van der Waals surface area contributed by atoms with Gasteiger partial charge < -0.3 is 10.1 Å². The van der Waals surface area contributed by atoms with Gasteiger partial charge in [-0.2, -0.15) is 5.10 Å². The number of carbonyl (C=O) groups excluding carboxylic acids is 1. The lowest BCUT2D eigenvalue weighted by Crippen LogP contribution is -2.47. The fraction of sp³-hybridized carbons (Fsp3) is 0.750. The first kappa shape index (κ1) is 18.2. The van der Waals surface area contributed by atoms with Crippen molar-refractivity contribution < 1.29 is 9.53 Å². The van der Waals surface area contributed by atoms with E-state index in [0.717, 1.165) is 45.7 Å². The van der Waals surface area contributed by atoms with Crippen LogP contribution in [-0.4, -0.2) is 59.5 Å². The van der Waals surface area contributed by atoms with Crippen LogP contribution >= 0.6 is 11.6 Å². The SMILES string of the molecule is CCCCn1nc(C)c(C(=O)NC[C@@H](C)N2CCOCC2)c1Cl. The molecular formula is C16H27ClN4O2. The van der Waals surface area contributed by atoms with Gasteiger partial charge in [0.15, 0.2) is 0 Å². The minimum atomic E-state index is -0.143. The number of aryl methyl sites for hydroxylation is 2. The van der Waals surface area contributed by atoms with Gasteiger partial charge in [-0.05, 0) is 20.3 Å². The van der Waals surface area contributed by atoms with Crippen molar-refractivity contribution in [3.05, 3.63) is 16.4 Å². The van der Waals surface area contributed by atoms with Gasteiger partial charge in [-0.25, -0.2) is 0 Å². The molecule has 130 valence electrons. The zero-order valence-electron chi connectivity index (χ0n) is 14.3. The van der Waals surface area contributed by atoms with Gasteiger partial charge in [0.2, 0.25) is 0 Å².